The predicted octanol–water partition coefficient (Wildman–Crippen LogP) is 11.3. The van der Waals surface area contributed by atoms with Gasteiger partial charge in [0.25, 0.3) is 0 Å². The number of aromatic nitrogens is 4. The smallest absolute Gasteiger partial charge is 0.145 e. The van der Waals surface area contributed by atoms with E-state index in [9.17, 15) is 0 Å². The Labute approximate surface area is 284 Å². The Balaban J connectivity index is 1.24. The Morgan fingerprint density at radius 3 is 1.49 bits per heavy atom. The monoisotopic (exact) mass is 626 g/mol. The number of benzene rings is 6. The summed E-state index contributed by atoms with van der Waals surface area (Å²) in [6, 6.07) is 63.0. The van der Waals surface area contributed by atoms with Gasteiger partial charge in [0, 0.05) is 33.3 Å². The summed E-state index contributed by atoms with van der Waals surface area (Å²) in [5.41, 5.74) is 13.2. The molecule has 9 aromatic rings. The third kappa shape index (κ3) is 5.26. The van der Waals surface area contributed by atoms with E-state index in [0.29, 0.717) is 0 Å². The van der Waals surface area contributed by atoms with Crippen LogP contribution in [0.5, 0.6) is 0 Å². The molecule has 9 rings (SSSR count). The van der Waals surface area contributed by atoms with Gasteiger partial charge in [-0.3, -0.25) is 4.57 Å². The maximum absolute atomic E-state index is 5.40. The van der Waals surface area contributed by atoms with Gasteiger partial charge in [-0.25, -0.2) is 15.0 Å². The first-order valence-corrected chi connectivity index (χ1v) is 16.5. The van der Waals surface area contributed by atoms with Crippen LogP contribution in [0, 0.1) is 0 Å². The Kier molecular flexibility index (Phi) is 7.10. The fourth-order valence-corrected chi connectivity index (χ4v) is 6.61. The number of rotatable bonds is 6. The summed E-state index contributed by atoms with van der Waals surface area (Å²) in [5, 5.41) is 1.03. The molecule has 0 radical (unpaired) electrons. The van der Waals surface area contributed by atoms with Gasteiger partial charge in [-0.15, -0.1) is 0 Å². The molecule has 0 spiro atoms. The molecule has 0 atom stereocenters. The molecule has 49 heavy (non-hydrogen) atoms. The predicted molar refractivity (Wildman–Crippen MR) is 201 cm³/mol. The van der Waals surface area contributed by atoms with Crippen LogP contribution in [-0.4, -0.2) is 19.5 Å². The zero-order chi connectivity index (χ0) is 32.6. The second-order valence-electron chi connectivity index (χ2n) is 12.1. The van der Waals surface area contributed by atoms with Crippen molar-refractivity contribution in [3.05, 3.63) is 182 Å². The van der Waals surface area contributed by atoms with Crippen LogP contribution in [0.25, 0.3) is 83.9 Å². The summed E-state index contributed by atoms with van der Waals surface area (Å²) in [6.07, 6.45) is 0. The molecule has 0 amide bonds. The van der Waals surface area contributed by atoms with Crippen molar-refractivity contribution in [3.8, 4) is 62.0 Å². The molecule has 0 aliphatic rings. The minimum Gasteiger partial charge on any atom is -0.290 e. The molecule has 0 saturated heterocycles. The molecule has 0 aliphatic carbocycles. The van der Waals surface area contributed by atoms with Crippen molar-refractivity contribution >= 4 is 21.9 Å². The Morgan fingerprint density at radius 2 is 0.878 bits per heavy atom. The van der Waals surface area contributed by atoms with Crippen LogP contribution >= 0.6 is 0 Å². The Bertz CT molecular complexity index is 2500. The van der Waals surface area contributed by atoms with Crippen LogP contribution in [0.2, 0.25) is 0 Å². The third-order valence-electron chi connectivity index (χ3n) is 9.00. The minimum atomic E-state index is 0.868. The van der Waals surface area contributed by atoms with E-state index in [1.807, 2.05) is 30.3 Å². The molecule has 0 N–H and O–H groups in total. The average Bonchev–Trinajstić information content (AvgIpc) is 3.60. The SMILES string of the molecule is c1ccc(-c2cc(-c3ccc(-c4nc5c6ccccc6nc(-c6ccccc6)c5n4-c4ccccc4)cc3)cc(-c3ccccc3)n2)cc1. The molecule has 4 heteroatoms. The summed E-state index contributed by atoms with van der Waals surface area (Å²) < 4.78 is 2.26. The van der Waals surface area contributed by atoms with Crippen LogP contribution in [-0.2, 0) is 0 Å². The number of para-hydroxylation sites is 2. The second-order valence-corrected chi connectivity index (χ2v) is 12.1. The quantitative estimate of drug-likeness (QED) is 0.184. The van der Waals surface area contributed by atoms with Crippen molar-refractivity contribution in [3.63, 3.8) is 0 Å². The average molecular weight is 627 g/mol. The maximum Gasteiger partial charge on any atom is 0.145 e. The van der Waals surface area contributed by atoms with Gasteiger partial charge >= 0.3 is 0 Å². The highest BCUT2D eigenvalue weighted by Crippen LogP contribution is 2.38. The Morgan fingerprint density at radius 1 is 0.367 bits per heavy atom. The van der Waals surface area contributed by atoms with Gasteiger partial charge in [0.05, 0.1) is 22.6 Å². The summed E-state index contributed by atoms with van der Waals surface area (Å²) in [6.45, 7) is 0. The fraction of sp³-hybridized carbons (Fsp3) is 0. The van der Waals surface area contributed by atoms with Gasteiger partial charge in [-0.2, -0.15) is 0 Å². The van der Waals surface area contributed by atoms with Crippen LogP contribution in [0.1, 0.15) is 0 Å². The first-order chi connectivity index (χ1) is 24.3. The number of fused-ring (bicyclic) bond motifs is 3. The number of nitrogens with zero attached hydrogens (tertiary/aromatic N) is 4. The molecule has 6 aromatic carbocycles. The van der Waals surface area contributed by atoms with E-state index in [1.54, 1.807) is 0 Å². The molecule has 0 fully saturated rings. The van der Waals surface area contributed by atoms with Gasteiger partial charge < -0.3 is 0 Å². The molecule has 230 valence electrons. The highest BCUT2D eigenvalue weighted by molar-refractivity contribution is 6.09. The third-order valence-corrected chi connectivity index (χ3v) is 9.00. The van der Waals surface area contributed by atoms with Gasteiger partial charge in [-0.1, -0.05) is 152 Å². The highest BCUT2D eigenvalue weighted by Gasteiger charge is 2.22. The highest BCUT2D eigenvalue weighted by atomic mass is 15.1. The molecule has 3 aromatic heterocycles. The molecular weight excluding hydrogens is 597 g/mol. The van der Waals surface area contributed by atoms with Crippen molar-refractivity contribution in [1.29, 1.82) is 0 Å². The number of imidazole rings is 1. The zero-order valence-corrected chi connectivity index (χ0v) is 26.6. The summed E-state index contributed by atoms with van der Waals surface area (Å²) >= 11 is 0. The van der Waals surface area contributed by atoms with Crippen LogP contribution in [0.3, 0.4) is 0 Å². The standard InChI is InChI=1S/C45H30N4/c1-5-15-32(16-6-1)40-29-36(30-41(46-40)33-17-7-2-8-18-33)31-25-27-35(28-26-31)45-48-43-38-23-13-14-24-39(38)47-42(34-19-9-3-10-20-34)44(43)49(45)37-21-11-4-12-22-37/h1-30H. The second kappa shape index (κ2) is 12.2. The van der Waals surface area contributed by atoms with E-state index in [4.69, 9.17) is 15.0 Å². The number of pyridine rings is 2. The van der Waals surface area contributed by atoms with E-state index in [0.717, 1.165) is 83.9 Å². The van der Waals surface area contributed by atoms with E-state index < -0.39 is 0 Å². The lowest BCUT2D eigenvalue weighted by Crippen LogP contribution is -2.00. The maximum atomic E-state index is 5.40. The lowest BCUT2D eigenvalue weighted by atomic mass is 9.99. The van der Waals surface area contributed by atoms with Crippen LogP contribution in [0.4, 0.5) is 0 Å². The van der Waals surface area contributed by atoms with E-state index >= 15 is 0 Å². The van der Waals surface area contributed by atoms with Crippen molar-refractivity contribution in [2.24, 2.45) is 0 Å². The summed E-state index contributed by atoms with van der Waals surface area (Å²) in [5.74, 6) is 0.868. The van der Waals surface area contributed by atoms with Gasteiger partial charge in [0.2, 0.25) is 0 Å². The molecule has 3 heterocycles. The largest absolute Gasteiger partial charge is 0.290 e. The molecule has 4 nitrogen and oxygen atoms in total. The minimum absolute atomic E-state index is 0.868. The molecular formula is C45H30N4. The normalized spacial score (nSPS) is 11.3. The molecule has 0 aliphatic heterocycles. The fourth-order valence-electron chi connectivity index (χ4n) is 6.61. The van der Waals surface area contributed by atoms with E-state index in [2.05, 4.69) is 156 Å². The van der Waals surface area contributed by atoms with Crippen LogP contribution in [0.15, 0.2) is 182 Å². The molecule has 0 saturated carbocycles. The van der Waals surface area contributed by atoms with Crippen molar-refractivity contribution < 1.29 is 0 Å². The lowest BCUT2D eigenvalue weighted by molar-refractivity contribution is 1.10. The van der Waals surface area contributed by atoms with Crippen LogP contribution < -0.4 is 0 Å². The summed E-state index contributed by atoms with van der Waals surface area (Å²) in [4.78, 5) is 15.7. The lowest BCUT2D eigenvalue weighted by Gasteiger charge is -2.13. The van der Waals surface area contributed by atoms with Gasteiger partial charge in [-0.05, 0) is 41.5 Å². The van der Waals surface area contributed by atoms with Gasteiger partial charge in [0.1, 0.15) is 16.9 Å². The first kappa shape index (κ1) is 28.6. The molecule has 0 bridgehead atoms. The summed E-state index contributed by atoms with van der Waals surface area (Å²) in [7, 11) is 0. The van der Waals surface area contributed by atoms with Crippen molar-refractivity contribution in [2.45, 2.75) is 0 Å². The number of hydrogen-bond acceptors (Lipinski definition) is 3. The molecule has 0 unspecified atom stereocenters. The van der Waals surface area contributed by atoms with E-state index in [1.165, 1.54) is 0 Å². The Hall–Kier alpha value is -6.65. The number of hydrogen-bond donors (Lipinski definition) is 0. The van der Waals surface area contributed by atoms with Crippen molar-refractivity contribution in [2.75, 3.05) is 0 Å². The van der Waals surface area contributed by atoms with Crippen molar-refractivity contribution in [1.82, 2.24) is 19.5 Å². The topological polar surface area (TPSA) is 43.6 Å². The zero-order valence-electron chi connectivity index (χ0n) is 26.6. The van der Waals surface area contributed by atoms with Gasteiger partial charge in [0.15, 0.2) is 0 Å². The first-order valence-electron chi connectivity index (χ1n) is 16.5. The van der Waals surface area contributed by atoms with E-state index in [-0.39, 0.29) is 0 Å².